The van der Waals surface area contributed by atoms with Crippen molar-refractivity contribution in [2.24, 2.45) is 0 Å². The molecule has 0 saturated carbocycles. The lowest BCUT2D eigenvalue weighted by Crippen LogP contribution is -2.66. The molecule has 0 aromatic rings. The highest BCUT2D eigenvalue weighted by Crippen LogP contribution is 2.46. The zero-order chi connectivity index (χ0) is 14.1. The minimum absolute atomic E-state index is 0.791. The minimum Gasteiger partial charge on any atom is -0.394 e. The van der Waals surface area contributed by atoms with E-state index in [1.165, 1.54) is 0 Å². The van der Waals surface area contributed by atoms with Gasteiger partial charge in [-0.25, -0.2) is 9.09 Å². The maximum absolute atomic E-state index is 10.8. The van der Waals surface area contributed by atoms with E-state index in [1.54, 1.807) is 0 Å². The summed E-state index contributed by atoms with van der Waals surface area (Å²) in [6, 6.07) is 0. The maximum Gasteiger partial charge on any atom is 0.474 e. The van der Waals surface area contributed by atoms with Crippen LogP contribution in [0.2, 0.25) is 0 Å². The Morgan fingerprint density at radius 1 is 1.28 bits per heavy atom. The fourth-order valence-corrected chi connectivity index (χ4v) is 2.12. The van der Waals surface area contributed by atoms with Crippen LogP contribution in [0, 0.1) is 0 Å². The fraction of sp³-hybridized carbons (Fsp3) is 1.00. The first-order chi connectivity index (χ1) is 8.17. The van der Waals surface area contributed by atoms with E-state index in [2.05, 4.69) is 9.26 Å². The van der Waals surface area contributed by atoms with Crippen molar-refractivity contribution < 1.29 is 48.8 Å². The highest BCUT2D eigenvalue weighted by Gasteiger charge is 2.58. The summed E-state index contributed by atoms with van der Waals surface area (Å²) >= 11 is 0. The third kappa shape index (κ3) is 3.06. The summed E-state index contributed by atoms with van der Waals surface area (Å²) in [6.45, 7) is -0.791. The van der Waals surface area contributed by atoms with Crippen molar-refractivity contribution in [2.45, 2.75) is 30.4 Å². The monoisotopic (exact) mass is 290 g/mol. The van der Waals surface area contributed by atoms with E-state index in [4.69, 9.17) is 19.6 Å². The van der Waals surface area contributed by atoms with Crippen LogP contribution < -0.4 is 0 Å². The van der Waals surface area contributed by atoms with Gasteiger partial charge < -0.3 is 39.7 Å². The predicted octanol–water partition coefficient (Wildman–Crippen LogP) is -3.13. The Kier molecular flexibility index (Phi) is 4.84. The fourth-order valence-electron chi connectivity index (χ4n) is 1.56. The lowest BCUT2D eigenvalue weighted by molar-refractivity contribution is -0.433. The van der Waals surface area contributed by atoms with Crippen LogP contribution in [0.5, 0.6) is 0 Å². The van der Waals surface area contributed by atoms with Gasteiger partial charge in [0.25, 0.3) is 0 Å². The molecule has 1 aliphatic rings. The van der Waals surface area contributed by atoms with Crippen molar-refractivity contribution >= 4 is 7.82 Å². The molecule has 0 radical (unpaired) electrons. The van der Waals surface area contributed by atoms with Crippen molar-refractivity contribution in [3.8, 4) is 0 Å². The van der Waals surface area contributed by atoms with Gasteiger partial charge in [0.2, 0.25) is 0 Å². The summed E-state index contributed by atoms with van der Waals surface area (Å²) in [5, 5.41) is 37.5. The Balaban J connectivity index is 3.05. The van der Waals surface area contributed by atoms with Crippen molar-refractivity contribution in [1.82, 2.24) is 0 Å². The van der Waals surface area contributed by atoms with E-state index in [1.807, 2.05) is 0 Å². The van der Waals surface area contributed by atoms with Gasteiger partial charge in [-0.1, -0.05) is 0 Å². The molecule has 1 fully saturated rings. The average molecular weight is 290 g/mol. The molecule has 1 aliphatic heterocycles. The highest BCUT2D eigenvalue weighted by molar-refractivity contribution is 7.46. The van der Waals surface area contributed by atoms with Crippen LogP contribution in [-0.4, -0.2) is 74.3 Å². The van der Waals surface area contributed by atoms with E-state index in [0.29, 0.717) is 0 Å². The van der Waals surface area contributed by atoms with Gasteiger partial charge in [-0.05, 0) is 0 Å². The lowest BCUT2D eigenvalue weighted by atomic mass is 9.98. The molecule has 10 nitrogen and oxygen atoms in total. The minimum atomic E-state index is -5.12. The summed E-state index contributed by atoms with van der Waals surface area (Å²) in [4.78, 5) is 17.4. The Morgan fingerprint density at radius 3 is 2.22 bits per heavy atom. The largest absolute Gasteiger partial charge is 0.474 e. The topological polar surface area (TPSA) is 166 Å². The van der Waals surface area contributed by atoms with E-state index < -0.39 is 44.8 Å². The number of hydrogen-bond donors (Lipinski definition) is 6. The second kappa shape index (κ2) is 5.47. The molecule has 11 heteroatoms. The van der Waals surface area contributed by atoms with Crippen molar-refractivity contribution in [3.63, 3.8) is 0 Å². The Labute approximate surface area is 102 Å². The molecule has 6 N–H and O–H groups in total. The first kappa shape index (κ1) is 15.9. The summed E-state index contributed by atoms with van der Waals surface area (Å²) in [6.07, 6.45) is -7.10. The molecule has 0 bridgehead atoms. The number of phosphoric acid groups is 1. The van der Waals surface area contributed by atoms with E-state index >= 15 is 0 Å². The number of aliphatic hydroxyl groups is 4. The van der Waals surface area contributed by atoms with Crippen LogP contribution in [-0.2, 0) is 18.6 Å². The summed E-state index contributed by atoms with van der Waals surface area (Å²) in [5.41, 5.74) is 0. The summed E-state index contributed by atoms with van der Waals surface area (Å²) in [5.74, 6) is -2.69. The lowest BCUT2D eigenvalue weighted by Gasteiger charge is -2.45. The van der Waals surface area contributed by atoms with E-state index in [9.17, 15) is 19.9 Å². The standard InChI is InChI=1S/C7H15O10P/c1-15-7(17-18(12,13)14)6(11)5(10)4(9)3(2-8)16-7/h3-6,8-11H,2H2,1H3,(H2,12,13,14)/t3-,4-,5+,6+,7-/m1/s1. The molecule has 0 unspecified atom stereocenters. The van der Waals surface area contributed by atoms with Crippen LogP contribution in [0.3, 0.4) is 0 Å². The molecule has 0 amide bonds. The van der Waals surface area contributed by atoms with Crippen LogP contribution >= 0.6 is 7.82 Å². The Bertz CT molecular complexity index is 328. The predicted molar refractivity (Wildman–Crippen MR) is 52.8 cm³/mol. The van der Waals surface area contributed by atoms with Gasteiger partial charge >= 0.3 is 13.8 Å². The van der Waals surface area contributed by atoms with E-state index in [-0.39, 0.29) is 0 Å². The zero-order valence-electron chi connectivity index (χ0n) is 9.28. The van der Waals surface area contributed by atoms with Crippen LogP contribution in [0.15, 0.2) is 0 Å². The van der Waals surface area contributed by atoms with Gasteiger partial charge in [0.05, 0.1) is 6.61 Å². The number of phosphoric ester groups is 1. The van der Waals surface area contributed by atoms with E-state index in [0.717, 1.165) is 7.11 Å². The molecule has 1 rings (SSSR count). The third-order valence-corrected chi connectivity index (χ3v) is 2.94. The molecule has 0 spiro atoms. The summed E-state index contributed by atoms with van der Waals surface area (Å²) < 4.78 is 24.3. The second-order valence-corrected chi connectivity index (χ2v) is 4.82. The quantitative estimate of drug-likeness (QED) is 0.230. The zero-order valence-corrected chi connectivity index (χ0v) is 10.2. The molecule has 0 aromatic heterocycles. The number of rotatable bonds is 4. The SMILES string of the molecule is CO[C@@]1(OP(=O)(O)O)O[C@H](CO)[C@@H](O)[C@H](O)[C@@H]1O. The second-order valence-electron chi connectivity index (χ2n) is 3.65. The van der Waals surface area contributed by atoms with Gasteiger partial charge in [-0.2, -0.15) is 0 Å². The molecular formula is C7H15O10P. The molecule has 0 aliphatic carbocycles. The van der Waals surface area contributed by atoms with Gasteiger partial charge in [-0.15, -0.1) is 0 Å². The normalized spacial score (nSPS) is 41.9. The summed E-state index contributed by atoms with van der Waals surface area (Å²) in [7, 11) is -4.22. The first-order valence-corrected chi connectivity index (χ1v) is 6.34. The highest BCUT2D eigenvalue weighted by atomic mass is 31.2. The molecule has 5 atom stereocenters. The number of hydrogen-bond acceptors (Lipinski definition) is 8. The molecular weight excluding hydrogens is 275 g/mol. The number of methoxy groups -OCH3 is 1. The molecule has 1 saturated heterocycles. The van der Waals surface area contributed by atoms with Crippen LogP contribution in [0.1, 0.15) is 0 Å². The van der Waals surface area contributed by atoms with Gasteiger partial charge in [0.15, 0.2) is 6.10 Å². The van der Waals surface area contributed by atoms with Crippen LogP contribution in [0.25, 0.3) is 0 Å². The molecule has 18 heavy (non-hydrogen) atoms. The maximum atomic E-state index is 10.8. The number of ether oxygens (including phenoxy) is 2. The van der Waals surface area contributed by atoms with Gasteiger partial charge in [0.1, 0.15) is 18.3 Å². The van der Waals surface area contributed by atoms with Crippen molar-refractivity contribution in [2.75, 3.05) is 13.7 Å². The smallest absolute Gasteiger partial charge is 0.394 e. The Morgan fingerprint density at radius 2 is 1.83 bits per heavy atom. The van der Waals surface area contributed by atoms with Gasteiger partial charge in [0, 0.05) is 7.11 Å². The van der Waals surface area contributed by atoms with Gasteiger partial charge in [-0.3, -0.25) is 0 Å². The third-order valence-electron chi connectivity index (χ3n) is 2.44. The average Bonchev–Trinajstić information content (AvgIpc) is 2.28. The molecule has 108 valence electrons. The first-order valence-electron chi connectivity index (χ1n) is 4.81. The molecule has 0 aromatic carbocycles. The Hall–Kier alpha value is -0.130. The van der Waals surface area contributed by atoms with Crippen LogP contribution in [0.4, 0.5) is 0 Å². The van der Waals surface area contributed by atoms with Crippen molar-refractivity contribution in [3.05, 3.63) is 0 Å². The number of aliphatic hydroxyl groups excluding tert-OH is 4. The van der Waals surface area contributed by atoms with Crippen molar-refractivity contribution in [1.29, 1.82) is 0 Å². The molecule has 1 heterocycles.